The fourth-order valence-corrected chi connectivity index (χ4v) is 2.18. The van der Waals surface area contributed by atoms with E-state index in [1.807, 2.05) is 0 Å². The first-order valence-electron chi connectivity index (χ1n) is 7.17. The molecule has 2 rings (SSSR count). The Bertz CT molecular complexity index is 367. The summed E-state index contributed by atoms with van der Waals surface area (Å²) in [6, 6.07) is 0. The summed E-state index contributed by atoms with van der Waals surface area (Å²) >= 11 is 0. The van der Waals surface area contributed by atoms with Crippen LogP contribution >= 0.6 is 0 Å². The van der Waals surface area contributed by atoms with Gasteiger partial charge in [0.1, 0.15) is 0 Å². The van der Waals surface area contributed by atoms with Gasteiger partial charge in [0.15, 0.2) is 0 Å². The molecule has 0 bridgehead atoms. The average Bonchev–Trinajstić information content (AvgIpc) is 2.47. The normalized spacial score (nSPS) is 19.1. The number of hydrogen-bond acceptors (Lipinski definition) is 5. The Morgan fingerprint density at radius 1 is 1.26 bits per heavy atom. The first-order valence-corrected chi connectivity index (χ1v) is 7.17. The van der Waals surface area contributed by atoms with E-state index in [2.05, 4.69) is 22.2 Å². The lowest BCUT2D eigenvalue weighted by molar-refractivity contribution is 0.240. The summed E-state index contributed by atoms with van der Waals surface area (Å²) in [5.41, 5.74) is 0. The van der Waals surface area contributed by atoms with Gasteiger partial charge < -0.3 is 14.8 Å². The molecule has 1 unspecified atom stereocenters. The Hall–Kier alpha value is -1.36. The van der Waals surface area contributed by atoms with Gasteiger partial charge in [0, 0.05) is 0 Å². The molecule has 1 N–H and O–H groups in total. The molecule has 1 atom stereocenters. The molecule has 0 aromatic carbocycles. The molecule has 106 valence electrons. The highest BCUT2D eigenvalue weighted by Crippen LogP contribution is 2.16. The molecule has 0 spiro atoms. The second-order valence-corrected chi connectivity index (χ2v) is 4.89. The molecular weight excluding hydrogens is 242 g/mol. The highest BCUT2D eigenvalue weighted by molar-refractivity contribution is 5.12. The van der Waals surface area contributed by atoms with Crippen LogP contribution in [0.4, 0.5) is 0 Å². The van der Waals surface area contributed by atoms with Crippen molar-refractivity contribution in [2.45, 2.75) is 32.6 Å². The van der Waals surface area contributed by atoms with Gasteiger partial charge in [-0.25, -0.2) is 0 Å². The molecule has 19 heavy (non-hydrogen) atoms. The topological polar surface area (TPSA) is 56.3 Å². The van der Waals surface area contributed by atoms with Gasteiger partial charge in [-0.15, -0.1) is 0 Å². The summed E-state index contributed by atoms with van der Waals surface area (Å²) in [4.78, 5) is 8.35. The highest BCUT2D eigenvalue weighted by atomic mass is 16.5. The number of piperidine rings is 1. The first-order chi connectivity index (χ1) is 9.38. The van der Waals surface area contributed by atoms with Crippen LogP contribution in [-0.4, -0.2) is 36.3 Å². The summed E-state index contributed by atoms with van der Waals surface area (Å²) in [7, 11) is 0. The lowest BCUT2D eigenvalue weighted by atomic mass is 9.97. The molecule has 0 aliphatic carbocycles. The SMILES string of the molecule is CCCOc1cncc(OCCC2CCCNC2)n1. The molecule has 5 heteroatoms. The van der Waals surface area contributed by atoms with Gasteiger partial charge in [-0.05, 0) is 44.7 Å². The van der Waals surface area contributed by atoms with Crippen molar-refractivity contribution in [3.63, 3.8) is 0 Å². The van der Waals surface area contributed by atoms with Gasteiger partial charge in [0.05, 0.1) is 25.6 Å². The lowest BCUT2D eigenvalue weighted by Gasteiger charge is -2.22. The summed E-state index contributed by atoms with van der Waals surface area (Å²) in [5, 5.41) is 3.41. The van der Waals surface area contributed by atoms with Gasteiger partial charge in [-0.1, -0.05) is 6.92 Å². The van der Waals surface area contributed by atoms with Crippen molar-refractivity contribution in [1.82, 2.24) is 15.3 Å². The summed E-state index contributed by atoms with van der Waals surface area (Å²) in [5.74, 6) is 1.82. The Kier molecular flexibility index (Phi) is 5.88. The van der Waals surface area contributed by atoms with Crippen LogP contribution in [0.25, 0.3) is 0 Å². The van der Waals surface area contributed by atoms with Crippen molar-refractivity contribution in [3.8, 4) is 11.8 Å². The fraction of sp³-hybridized carbons (Fsp3) is 0.714. The molecule has 5 nitrogen and oxygen atoms in total. The predicted molar refractivity (Wildman–Crippen MR) is 73.5 cm³/mol. The fourth-order valence-electron chi connectivity index (χ4n) is 2.18. The second kappa shape index (κ2) is 7.94. The molecule has 0 radical (unpaired) electrons. The first kappa shape index (κ1) is 14.1. The summed E-state index contributed by atoms with van der Waals surface area (Å²) in [6.07, 6.45) is 7.84. The Balaban J connectivity index is 1.72. The number of rotatable bonds is 7. The number of nitrogens with zero attached hydrogens (tertiary/aromatic N) is 2. The predicted octanol–water partition coefficient (Wildman–Crippen LogP) is 2.03. The average molecular weight is 265 g/mol. The van der Waals surface area contributed by atoms with E-state index in [0.29, 0.717) is 25.0 Å². The molecule has 1 aliphatic rings. The molecule has 1 saturated heterocycles. The maximum absolute atomic E-state index is 5.65. The maximum Gasteiger partial charge on any atom is 0.235 e. The highest BCUT2D eigenvalue weighted by Gasteiger charge is 2.12. The van der Waals surface area contributed by atoms with Crippen molar-refractivity contribution in [2.75, 3.05) is 26.3 Å². The van der Waals surface area contributed by atoms with Crippen molar-refractivity contribution >= 4 is 0 Å². The van der Waals surface area contributed by atoms with Crippen LogP contribution in [0.15, 0.2) is 12.4 Å². The Morgan fingerprint density at radius 2 is 2.05 bits per heavy atom. The van der Waals surface area contributed by atoms with Gasteiger partial charge in [0.25, 0.3) is 0 Å². The minimum absolute atomic E-state index is 0.540. The van der Waals surface area contributed by atoms with E-state index in [4.69, 9.17) is 9.47 Å². The van der Waals surface area contributed by atoms with E-state index in [1.54, 1.807) is 12.4 Å². The number of hydrogen-bond donors (Lipinski definition) is 1. The molecule has 0 saturated carbocycles. The van der Waals surface area contributed by atoms with Crippen LogP contribution in [0.3, 0.4) is 0 Å². The van der Waals surface area contributed by atoms with Crippen molar-refractivity contribution in [1.29, 1.82) is 0 Å². The molecular formula is C14H23N3O2. The zero-order chi connectivity index (χ0) is 13.3. The zero-order valence-electron chi connectivity index (χ0n) is 11.6. The quantitative estimate of drug-likeness (QED) is 0.817. The van der Waals surface area contributed by atoms with Crippen LogP contribution in [0.2, 0.25) is 0 Å². The largest absolute Gasteiger partial charge is 0.477 e. The minimum atomic E-state index is 0.540. The van der Waals surface area contributed by atoms with Gasteiger partial charge in [-0.3, -0.25) is 4.98 Å². The van der Waals surface area contributed by atoms with E-state index < -0.39 is 0 Å². The Labute approximate surface area is 114 Å². The van der Waals surface area contributed by atoms with Crippen molar-refractivity contribution < 1.29 is 9.47 Å². The van der Waals surface area contributed by atoms with Gasteiger partial charge in [-0.2, -0.15) is 4.98 Å². The standard InChI is InChI=1S/C14H23N3O2/c1-2-7-18-13-10-16-11-14(17-13)19-8-5-12-4-3-6-15-9-12/h10-12,15H,2-9H2,1H3. The monoisotopic (exact) mass is 265 g/mol. The third-order valence-corrected chi connectivity index (χ3v) is 3.22. The van der Waals surface area contributed by atoms with E-state index in [9.17, 15) is 0 Å². The summed E-state index contributed by atoms with van der Waals surface area (Å²) < 4.78 is 11.1. The smallest absolute Gasteiger partial charge is 0.235 e. The number of aromatic nitrogens is 2. The van der Waals surface area contributed by atoms with E-state index in [1.165, 1.54) is 12.8 Å². The van der Waals surface area contributed by atoms with E-state index in [0.717, 1.165) is 31.8 Å². The van der Waals surface area contributed by atoms with Crippen LogP contribution in [0.1, 0.15) is 32.6 Å². The molecule has 1 aromatic heterocycles. The van der Waals surface area contributed by atoms with E-state index >= 15 is 0 Å². The van der Waals surface area contributed by atoms with Crippen molar-refractivity contribution in [3.05, 3.63) is 12.4 Å². The summed E-state index contributed by atoms with van der Waals surface area (Å²) in [6.45, 7) is 5.67. The van der Waals surface area contributed by atoms with E-state index in [-0.39, 0.29) is 0 Å². The van der Waals surface area contributed by atoms with Crippen LogP contribution < -0.4 is 14.8 Å². The Morgan fingerprint density at radius 3 is 2.74 bits per heavy atom. The molecule has 1 aromatic rings. The maximum atomic E-state index is 5.65. The molecule has 2 heterocycles. The van der Waals surface area contributed by atoms with Crippen LogP contribution in [0, 0.1) is 5.92 Å². The zero-order valence-corrected chi connectivity index (χ0v) is 11.6. The van der Waals surface area contributed by atoms with Crippen molar-refractivity contribution in [2.24, 2.45) is 5.92 Å². The van der Waals surface area contributed by atoms with Gasteiger partial charge >= 0.3 is 0 Å². The van der Waals surface area contributed by atoms with Gasteiger partial charge in [0.2, 0.25) is 11.8 Å². The van der Waals surface area contributed by atoms with Crippen LogP contribution in [-0.2, 0) is 0 Å². The third kappa shape index (κ3) is 5.03. The number of nitrogens with one attached hydrogen (secondary N) is 1. The lowest BCUT2D eigenvalue weighted by Crippen LogP contribution is -2.30. The molecule has 0 amide bonds. The third-order valence-electron chi connectivity index (χ3n) is 3.22. The molecule has 1 fully saturated rings. The second-order valence-electron chi connectivity index (χ2n) is 4.89. The molecule has 1 aliphatic heterocycles. The van der Waals surface area contributed by atoms with Crippen LogP contribution in [0.5, 0.6) is 11.8 Å². The minimum Gasteiger partial charge on any atom is -0.477 e. The number of ether oxygens (including phenoxy) is 2.